The molecule has 0 aliphatic carbocycles. The molecule has 0 aromatic carbocycles. The van der Waals surface area contributed by atoms with Gasteiger partial charge in [-0.3, -0.25) is 0 Å². The van der Waals surface area contributed by atoms with Crippen molar-refractivity contribution >= 4 is 12.5 Å². The van der Waals surface area contributed by atoms with E-state index in [0.717, 1.165) is 12.5 Å². The van der Waals surface area contributed by atoms with Gasteiger partial charge in [0, 0.05) is 16.8 Å². The van der Waals surface area contributed by atoms with Crippen LogP contribution >= 0.6 is 8.19 Å². The molecule has 0 saturated carbocycles. The van der Waals surface area contributed by atoms with Gasteiger partial charge in [0.25, 0.3) is 0 Å². The van der Waals surface area contributed by atoms with Crippen LogP contribution in [0.1, 0.15) is 0 Å². The summed E-state index contributed by atoms with van der Waals surface area (Å²) in [6.07, 6.45) is 0. The van der Waals surface area contributed by atoms with E-state index in [4.69, 9.17) is 0 Å². The van der Waals surface area contributed by atoms with Gasteiger partial charge in [-0.15, -0.1) is 0 Å². The standard InChI is InChI=1S/C4H4P.Co.Ni/c1-2-4-5-3-1;;/h1-3,5H;;. The average Bonchev–Trinajstić information content (AvgIpc) is 1.86. The van der Waals surface area contributed by atoms with Gasteiger partial charge >= 0.3 is 45.9 Å². The molecule has 0 spiro atoms. The van der Waals surface area contributed by atoms with E-state index in [9.17, 15) is 0 Å². The van der Waals surface area contributed by atoms with E-state index < -0.39 is 0 Å². The SMILES string of the molecule is [Co].[Ni][c]1ccc[pH]1. The summed E-state index contributed by atoms with van der Waals surface area (Å²) in [6, 6.07) is 4.00. The maximum atomic E-state index is 4.55. The van der Waals surface area contributed by atoms with Crippen molar-refractivity contribution < 1.29 is 32.2 Å². The molecular formula is C4H4CoNiP. The summed E-state index contributed by atoms with van der Waals surface area (Å²) in [5, 5.41) is 0. The van der Waals surface area contributed by atoms with Crippen LogP contribution in [-0.2, 0) is 32.2 Å². The first-order valence-electron chi connectivity index (χ1n) is 1.65. The molecule has 0 N–H and O–H groups in total. The van der Waals surface area contributed by atoms with Crippen molar-refractivity contribution in [3.05, 3.63) is 17.9 Å². The number of hydrogen-bond donors (Lipinski definition) is 0. The first-order chi connectivity index (χ1) is 2.89. The molecule has 0 amide bonds. The quantitative estimate of drug-likeness (QED) is 0.546. The Labute approximate surface area is 62.7 Å². The zero-order chi connectivity index (χ0) is 4.41. The summed E-state index contributed by atoms with van der Waals surface area (Å²) in [7, 11) is 0.796. The van der Waals surface area contributed by atoms with Crippen molar-refractivity contribution in [1.82, 2.24) is 0 Å². The molecule has 1 unspecified atom stereocenters. The average molecular weight is 201 g/mol. The van der Waals surface area contributed by atoms with Crippen molar-refractivity contribution in [2.75, 3.05) is 0 Å². The number of rotatable bonds is 0. The van der Waals surface area contributed by atoms with E-state index in [2.05, 4.69) is 21.3 Å². The zero-order valence-corrected chi connectivity index (χ0v) is 6.41. The Morgan fingerprint density at radius 1 is 1.57 bits per heavy atom. The van der Waals surface area contributed by atoms with Gasteiger partial charge in [0.15, 0.2) is 0 Å². The molecular weight excluding hydrogens is 197 g/mol. The van der Waals surface area contributed by atoms with E-state index in [1.165, 1.54) is 0 Å². The minimum atomic E-state index is 0. The van der Waals surface area contributed by atoms with Crippen LogP contribution in [-0.4, -0.2) is 0 Å². The molecule has 1 atom stereocenters. The van der Waals surface area contributed by atoms with Crippen LogP contribution in [0.25, 0.3) is 0 Å². The fraction of sp³-hybridized carbons (Fsp3) is 0. The van der Waals surface area contributed by atoms with Crippen molar-refractivity contribution in [2.45, 2.75) is 0 Å². The summed E-state index contributed by atoms with van der Waals surface area (Å²) >= 11 is 4.55. The topological polar surface area (TPSA) is 0 Å². The summed E-state index contributed by atoms with van der Waals surface area (Å²) in [4.78, 5) is 0. The molecule has 44 valence electrons. The second-order valence-corrected chi connectivity index (χ2v) is 3.08. The van der Waals surface area contributed by atoms with Gasteiger partial charge in [-0.25, -0.2) is 0 Å². The molecule has 0 bridgehead atoms. The molecule has 0 fully saturated rings. The normalized spacial score (nSPS) is 8.86. The van der Waals surface area contributed by atoms with E-state index in [-0.39, 0.29) is 16.8 Å². The molecule has 1 rings (SSSR count). The van der Waals surface area contributed by atoms with Gasteiger partial charge in [-0.1, -0.05) is 0 Å². The van der Waals surface area contributed by atoms with Gasteiger partial charge in [-0.2, -0.15) is 0 Å². The Balaban J connectivity index is 0.000000360. The molecule has 0 nitrogen and oxygen atoms in total. The fourth-order valence-electron chi connectivity index (χ4n) is 0.297. The predicted molar refractivity (Wildman–Crippen MR) is 25.6 cm³/mol. The molecule has 7 heavy (non-hydrogen) atoms. The van der Waals surface area contributed by atoms with Crippen molar-refractivity contribution in [2.24, 2.45) is 0 Å². The van der Waals surface area contributed by atoms with E-state index >= 15 is 0 Å². The maximum absolute atomic E-state index is 4.55. The molecule has 1 aromatic heterocycles. The Kier molecular flexibility index (Phi) is 4.16. The van der Waals surface area contributed by atoms with Crippen LogP contribution in [0.2, 0.25) is 0 Å². The molecule has 1 aromatic rings. The first kappa shape index (κ1) is 7.78. The summed E-state index contributed by atoms with van der Waals surface area (Å²) in [5.74, 6) is 2.10. The van der Waals surface area contributed by atoms with Crippen LogP contribution in [0.4, 0.5) is 0 Å². The van der Waals surface area contributed by atoms with E-state index in [1.807, 2.05) is 12.1 Å². The summed E-state index contributed by atoms with van der Waals surface area (Å²) < 4.78 is 1.12. The van der Waals surface area contributed by atoms with Crippen molar-refractivity contribution in [3.63, 3.8) is 0 Å². The Morgan fingerprint density at radius 2 is 2.29 bits per heavy atom. The molecule has 0 aliphatic heterocycles. The van der Waals surface area contributed by atoms with Gasteiger partial charge in [0.2, 0.25) is 0 Å². The Bertz CT molecular complexity index is 115. The van der Waals surface area contributed by atoms with Crippen LogP contribution in [0.3, 0.4) is 0 Å². The van der Waals surface area contributed by atoms with Crippen LogP contribution in [0, 0.1) is 0 Å². The predicted octanol–water partition coefficient (Wildman–Crippen LogP) is 0.887. The number of hydrogen-bond acceptors (Lipinski definition) is 0. The fourth-order valence-corrected chi connectivity index (χ4v) is 1.17. The van der Waals surface area contributed by atoms with Crippen molar-refractivity contribution in [3.8, 4) is 0 Å². The van der Waals surface area contributed by atoms with Gasteiger partial charge in [0.1, 0.15) is 0 Å². The second-order valence-electron chi connectivity index (χ2n) is 0.985. The second kappa shape index (κ2) is 3.74. The summed E-state index contributed by atoms with van der Waals surface area (Å²) in [6.45, 7) is 0. The minimum absolute atomic E-state index is 0. The Hall–Kier alpha value is 0.780. The third-order valence-corrected chi connectivity index (χ3v) is 1.92. The Morgan fingerprint density at radius 3 is 2.43 bits per heavy atom. The van der Waals surface area contributed by atoms with Gasteiger partial charge in [-0.05, 0) is 0 Å². The first-order valence-corrected chi connectivity index (χ1v) is 3.22. The third kappa shape index (κ3) is 2.56. The van der Waals surface area contributed by atoms with Crippen molar-refractivity contribution in [1.29, 1.82) is 0 Å². The van der Waals surface area contributed by atoms with Gasteiger partial charge in [0.05, 0.1) is 0 Å². The van der Waals surface area contributed by atoms with Crippen LogP contribution in [0.5, 0.6) is 0 Å². The molecule has 3 heteroatoms. The molecule has 1 heterocycles. The summed E-state index contributed by atoms with van der Waals surface area (Å²) in [5.41, 5.74) is 0. The van der Waals surface area contributed by atoms with E-state index in [1.54, 1.807) is 0 Å². The molecule has 1 radical (unpaired) electrons. The third-order valence-electron chi connectivity index (χ3n) is 0.541. The van der Waals surface area contributed by atoms with Crippen LogP contribution in [0.15, 0.2) is 17.9 Å². The molecule has 0 saturated heterocycles. The van der Waals surface area contributed by atoms with Crippen LogP contribution < -0.4 is 4.27 Å². The van der Waals surface area contributed by atoms with Gasteiger partial charge < -0.3 is 0 Å². The zero-order valence-electron chi connectivity index (χ0n) is 3.38. The monoisotopic (exact) mass is 200 g/mol. The van der Waals surface area contributed by atoms with E-state index in [0.29, 0.717) is 0 Å². The molecule has 0 aliphatic rings.